The van der Waals surface area contributed by atoms with Crippen molar-refractivity contribution in [2.24, 2.45) is 5.41 Å². The molecule has 0 radical (unpaired) electrons. The standard InChI is InChI=1S/C55H89N7O23S/c1-28(66)60-39-42(71)46(84-51-45(74)47(41(70)33(24-64)82-51)85-50-44(73)43(72)40(69)32(23-63)81-50)34(25-65)83-49(39)78-20-9-16-56-37(68)26-79-30-11-8-10-29(22-30)48(75)58-18-19-59-52(76)54(2,3)15-21-80-55(4,5)14-17-57-36(67)13-7-6-12-35-38-31(27-86-35)61-53(77)62-38/h8,10-11,22,31-35,38-47,49-51,63-65,69-74H,6-7,9,12-21,23-27H2,1-5H3,(H,56,68)(H,57,67)(H,58,75)(H,59,76)(H,60,66)(H2,61,62,77)/t31-,32?,33?,34?,35-,38-,39?,40-,41-,42?,43?,44?,45?,46+,47?,49+,50+,51-/m0/s1. The van der Waals surface area contributed by atoms with Crippen molar-refractivity contribution in [3.8, 4) is 5.75 Å². The number of hydrogen-bond acceptors (Lipinski definition) is 24. The van der Waals surface area contributed by atoms with Crippen LogP contribution < -0.4 is 42.0 Å². The number of hydrogen-bond donors (Lipinski definition) is 16. The summed E-state index contributed by atoms with van der Waals surface area (Å²) in [6.45, 7) is 6.73. The first kappa shape index (κ1) is 70.4. The number of aliphatic hydroxyl groups excluding tert-OH is 9. The van der Waals surface area contributed by atoms with Gasteiger partial charge in [0.2, 0.25) is 17.7 Å². The van der Waals surface area contributed by atoms with Gasteiger partial charge in [-0.05, 0) is 64.2 Å². The van der Waals surface area contributed by atoms with Gasteiger partial charge in [-0.2, -0.15) is 11.8 Å². The topological polar surface area (TPSA) is 443 Å². The molecule has 0 saturated carbocycles. The van der Waals surface area contributed by atoms with Crippen molar-refractivity contribution >= 4 is 47.3 Å². The zero-order valence-corrected chi connectivity index (χ0v) is 49.9. The minimum Gasteiger partial charge on any atom is -0.484 e. The van der Waals surface area contributed by atoms with E-state index in [-0.39, 0.29) is 73.9 Å². The van der Waals surface area contributed by atoms with Gasteiger partial charge in [-0.25, -0.2) is 4.79 Å². The Labute approximate surface area is 502 Å². The molecule has 86 heavy (non-hydrogen) atoms. The summed E-state index contributed by atoms with van der Waals surface area (Å²) < 4.78 is 45.9. The van der Waals surface area contributed by atoms with E-state index in [1.807, 2.05) is 25.6 Å². The Morgan fingerprint density at radius 1 is 0.686 bits per heavy atom. The lowest BCUT2D eigenvalue weighted by atomic mass is 9.88. The van der Waals surface area contributed by atoms with Crippen molar-refractivity contribution in [2.45, 2.75) is 195 Å². The second kappa shape index (κ2) is 33.3. The van der Waals surface area contributed by atoms with Crippen LogP contribution in [0.1, 0.15) is 89.9 Å². The number of ether oxygens (including phenoxy) is 8. The van der Waals surface area contributed by atoms with Crippen molar-refractivity contribution in [1.29, 1.82) is 0 Å². The Bertz CT molecular complexity index is 2360. The second-order valence-corrected chi connectivity index (χ2v) is 24.4. The molecule has 31 heteroatoms. The molecule has 488 valence electrons. The van der Waals surface area contributed by atoms with Crippen LogP contribution in [0.3, 0.4) is 0 Å². The lowest BCUT2D eigenvalue weighted by Gasteiger charge is -2.48. The summed E-state index contributed by atoms with van der Waals surface area (Å²) in [5.74, 6) is -0.683. The summed E-state index contributed by atoms with van der Waals surface area (Å²) >= 11 is 1.86. The maximum atomic E-state index is 13.1. The number of nitrogens with one attached hydrogen (secondary N) is 7. The van der Waals surface area contributed by atoms with Crippen LogP contribution in [-0.2, 0) is 52.3 Å². The van der Waals surface area contributed by atoms with Gasteiger partial charge in [0.05, 0.1) is 44.1 Å². The minimum atomic E-state index is -1.99. The Morgan fingerprint density at radius 3 is 2.06 bits per heavy atom. The Balaban J connectivity index is 0.844. The van der Waals surface area contributed by atoms with Crippen LogP contribution in [0.2, 0.25) is 0 Å². The number of unbranched alkanes of at least 4 members (excludes halogenated alkanes) is 1. The summed E-state index contributed by atoms with van der Waals surface area (Å²) in [4.78, 5) is 75.3. The number of amides is 7. The van der Waals surface area contributed by atoms with Gasteiger partial charge >= 0.3 is 6.03 Å². The largest absolute Gasteiger partial charge is 0.484 e. The van der Waals surface area contributed by atoms with E-state index in [9.17, 15) is 74.7 Å². The molecule has 7 amide bonds. The first-order valence-electron chi connectivity index (χ1n) is 29.1. The van der Waals surface area contributed by atoms with Gasteiger partial charge in [-0.15, -0.1) is 0 Å². The van der Waals surface area contributed by atoms with Crippen molar-refractivity contribution in [3.63, 3.8) is 0 Å². The fourth-order valence-electron chi connectivity index (χ4n) is 10.3. The monoisotopic (exact) mass is 1250 g/mol. The molecule has 5 heterocycles. The Kier molecular flexibility index (Phi) is 27.2. The SMILES string of the molecule is CC(=O)NC1C(O)[C@H](O[C@@H]2OC(CO)[C@H](O)C(O[C@H]3OC(CO)[C@H](O)C(O)C3O)C2O)C(CO)O[C@H]1OCCCNC(=O)COc1cccc(C(=O)NCCNC(=O)C(C)(C)CCOC(C)(C)CCNC(=O)CCCC[C@@H]2SC[C@@H]3NC(=O)N[C@@H]32)c1. The highest BCUT2D eigenvalue weighted by Crippen LogP contribution is 2.35. The summed E-state index contributed by atoms with van der Waals surface area (Å²) in [6, 6.07) is 5.04. The average molecular weight is 1250 g/mol. The van der Waals surface area contributed by atoms with Gasteiger partial charge < -0.3 is 121 Å². The van der Waals surface area contributed by atoms with Gasteiger partial charge in [0.15, 0.2) is 25.5 Å². The van der Waals surface area contributed by atoms with E-state index in [1.165, 1.54) is 6.07 Å². The third-order valence-corrected chi connectivity index (χ3v) is 17.0. The fourth-order valence-corrected chi connectivity index (χ4v) is 11.9. The molecule has 5 aliphatic heterocycles. The molecule has 0 aliphatic carbocycles. The molecule has 0 bridgehead atoms. The van der Waals surface area contributed by atoms with Gasteiger partial charge in [-0.3, -0.25) is 24.0 Å². The highest BCUT2D eigenvalue weighted by atomic mass is 32.2. The van der Waals surface area contributed by atoms with Gasteiger partial charge in [-0.1, -0.05) is 26.3 Å². The molecule has 5 saturated heterocycles. The van der Waals surface area contributed by atoms with Crippen LogP contribution in [0, 0.1) is 5.41 Å². The number of urea groups is 1. The van der Waals surface area contributed by atoms with Crippen LogP contribution in [-0.4, -0.2) is 268 Å². The fraction of sp³-hybridized carbons (Fsp3) is 0.782. The highest BCUT2D eigenvalue weighted by molar-refractivity contribution is 8.00. The molecule has 30 nitrogen and oxygen atoms in total. The highest BCUT2D eigenvalue weighted by Gasteiger charge is 2.54. The summed E-state index contributed by atoms with van der Waals surface area (Å²) in [6.07, 6.45) is -19.7. The normalized spacial score (nSPS) is 31.9. The van der Waals surface area contributed by atoms with E-state index in [1.54, 1.807) is 32.0 Å². The lowest BCUT2D eigenvalue weighted by Crippen LogP contribution is -2.68. The molecule has 1 aromatic carbocycles. The maximum absolute atomic E-state index is 13.1. The van der Waals surface area contributed by atoms with Crippen LogP contribution in [0.4, 0.5) is 4.79 Å². The second-order valence-electron chi connectivity index (χ2n) is 23.2. The van der Waals surface area contributed by atoms with Crippen LogP contribution in [0.15, 0.2) is 24.3 Å². The predicted octanol–water partition coefficient (Wildman–Crippen LogP) is -4.53. The molecule has 5 aliphatic rings. The van der Waals surface area contributed by atoms with Gasteiger partial charge in [0, 0.05) is 68.1 Å². The van der Waals surface area contributed by atoms with Gasteiger partial charge in [0.25, 0.3) is 11.8 Å². The first-order valence-corrected chi connectivity index (χ1v) is 30.1. The molecular formula is C55H89N7O23S. The van der Waals surface area contributed by atoms with Crippen LogP contribution in [0.25, 0.3) is 0 Å². The third-order valence-electron chi connectivity index (χ3n) is 15.5. The number of fused-ring (bicyclic) bond motifs is 1. The molecule has 0 spiro atoms. The van der Waals surface area contributed by atoms with Crippen molar-refractivity contribution in [1.82, 2.24) is 37.2 Å². The zero-order valence-electron chi connectivity index (χ0n) is 49.1. The molecule has 5 fully saturated rings. The molecule has 1 aromatic rings. The average Bonchev–Trinajstić information content (AvgIpc) is 1.24. The molecule has 16 N–H and O–H groups in total. The molecule has 6 rings (SSSR count). The minimum absolute atomic E-state index is 0.0122. The van der Waals surface area contributed by atoms with Crippen molar-refractivity contribution < 1.29 is 113 Å². The molecule has 0 aromatic heterocycles. The summed E-state index contributed by atoms with van der Waals surface area (Å²) in [5.41, 5.74) is -1.08. The van der Waals surface area contributed by atoms with E-state index >= 15 is 0 Å². The van der Waals surface area contributed by atoms with Crippen LogP contribution >= 0.6 is 11.8 Å². The number of thioether (sulfide) groups is 1. The zero-order chi connectivity index (χ0) is 62.9. The quantitative estimate of drug-likeness (QED) is 0.0233. The first-order chi connectivity index (χ1) is 40.9. The van der Waals surface area contributed by atoms with E-state index in [0.29, 0.717) is 37.7 Å². The molecular weight excluding hydrogens is 1160 g/mol. The van der Waals surface area contributed by atoms with E-state index in [2.05, 4.69) is 37.2 Å². The predicted molar refractivity (Wildman–Crippen MR) is 302 cm³/mol. The number of carbonyl (C=O) groups excluding carboxylic acids is 6. The van der Waals surface area contributed by atoms with E-state index < -0.39 is 147 Å². The smallest absolute Gasteiger partial charge is 0.315 e. The third kappa shape index (κ3) is 19.9. The van der Waals surface area contributed by atoms with E-state index in [0.717, 1.165) is 31.9 Å². The summed E-state index contributed by atoms with van der Waals surface area (Å²) in [7, 11) is 0. The number of rotatable bonds is 33. The van der Waals surface area contributed by atoms with Crippen molar-refractivity contribution in [2.75, 3.05) is 71.6 Å². The Hall–Kier alpha value is -4.65. The summed E-state index contributed by atoms with van der Waals surface area (Å²) in [5, 5.41) is 115. The molecule has 9 unspecified atom stereocenters. The number of aliphatic hydroxyl groups is 9. The molecule has 18 atom stereocenters. The van der Waals surface area contributed by atoms with Crippen molar-refractivity contribution in [3.05, 3.63) is 29.8 Å². The van der Waals surface area contributed by atoms with Gasteiger partial charge in [0.1, 0.15) is 78.9 Å². The van der Waals surface area contributed by atoms with E-state index in [4.69, 9.17) is 37.9 Å². The maximum Gasteiger partial charge on any atom is 0.315 e. The Morgan fingerprint density at radius 2 is 1.35 bits per heavy atom. The lowest BCUT2D eigenvalue weighted by molar-refractivity contribution is -0.376. The number of carbonyl (C=O) groups is 6. The van der Waals surface area contributed by atoms with Crippen LogP contribution in [0.5, 0.6) is 5.75 Å². The number of benzene rings is 1.